The zero-order valence-electron chi connectivity index (χ0n) is 15.1. The van der Waals surface area contributed by atoms with Gasteiger partial charge in [-0.2, -0.15) is 8.78 Å². The quantitative estimate of drug-likeness (QED) is 0.672. The van der Waals surface area contributed by atoms with E-state index in [9.17, 15) is 22.0 Å². The van der Waals surface area contributed by atoms with Crippen LogP contribution in [0.4, 0.5) is 8.78 Å². The molecule has 1 amide bonds. The third kappa shape index (κ3) is 6.12. The van der Waals surface area contributed by atoms with Crippen molar-refractivity contribution in [2.24, 2.45) is 0 Å². The Morgan fingerprint density at radius 3 is 2.59 bits per heavy atom. The van der Waals surface area contributed by atoms with Crippen LogP contribution in [-0.4, -0.2) is 51.7 Å². The van der Waals surface area contributed by atoms with Gasteiger partial charge in [-0.05, 0) is 19.4 Å². The summed E-state index contributed by atoms with van der Waals surface area (Å²) in [5, 5.41) is 2.70. The maximum Gasteiger partial charge on any atom is 0.387 e. The minimum absolute atomic E-state index is 0.0850. The summed E-state index contributed by atoms with van der Waals surface area (Å²) in [5.74, 6) is -1.91. The summed E-state index contributed by atoms with van der Waals surface area (Å²) in [7, 11) is -3.85. The highest BCUT2D eigenvalue weighted by Gasteiger charge is 2.38. The van der Waals surface area contributed by atoms with Crippen LogP contribution in [-0.2, 0) is 29.9 Å². The summed E-state index contributed by atoms with van der Waals surface area (Å²) >= 11 is 0. The van der Waals surface area contributed by atoms with Gasteiger partial charge in [0.1, 0.15) is 5.75 Å². The number of carbonyl (C=O) groups is 1. The number of nitrogens with one attached hydrogen (secondary N) is 1. The monoisotopic (exact) mass is 407 g/mol. The van der Waals surface area contributed by atoms with Crippen molar-refractivity contribution in [3.63, 3.8) is 0 Å². The average Bonchev–Trinajstić information content (AvgIpc) is 2.58. The first-order valence-corrected chi connectivity index (χ1v) is 10.4. The third-order valence-corrected chi connectivity index (χ3v) is 5.55. The highest BCUT2D eigenvalue weighted by atomic mass is 32.2. The van der Waals surface area contributed by atoms with Crippen LogP contribution in [0.25, 0.3) is 0 Å². The van der Waals surface area contributed by atoms with Crippen LogP contribution in [0.1, 0.15) is 25.8 Å². The largest absolute Gasteiger partial charge is 0.435 e. The van der Waals surface area contributed by atoms with E-state index >= 15 is 0 Å². The SMILES string of the molecule is CCO[C@H]1O[C@@H](CS(=O)(=O)Cc2ccccc2OC(F)F)C(=O)N[C@H]1CC. The van der Waals surface area contributed by atoms with E-state index in [1.807, 2.05) is 6.92 Å². The van der Waals surface area contributed by atoms with Gasteiger partial charge < -0.3 is 19.5 Å². The molecule has 0 spiro atoms. The summed E-state index contributed by atoms with van der Waals surface area (Å²) in [6, 6.07) is 5.26. The summed E-state index contributed by atoms with van der Waals surface area (Å²) in [6.07, 6.45) is -1.42. The smallest absolute Gasteiger partial charge is 0.387 e. The molecule has 1 heterocycles. The fraction of sp³-hybridized carbons (Fsp3) is 0.588. The van der Waals surface area contributed by atoms with E-state index < -0.39 is 46.3 Å². The van der Waals surface area contributed by atoms with Crippen LogP contribution in [0.5, 0.6) is 5.75 Å². The van der Waals surface area contributed by atoms with Gasteiger partial charge in [0.2, 0.25) is 0 Å². The number of carbonyl (C=O) groups excluding carboxylic acids is 1. The standard InChI is InChI=1S/C17H23F2NO6S/c1-3-12-16(24-4-2)25-14(15(21)20-12)10-27(22,23)9-11-7-5-6-8-13(11)26-17(18)19/h5-8,12,14,16-17H,3-4,9-10H2,1-2H3,(H,20,21)/t12-,14-,16-/m0/s1. The number of rotatable bonds is 9. The Bertz CT molecular complexity index is 743. The van der Waals surface area contributed by atoms with E-state index in [-0.39, 0.29) is 17.4 Å². The van der Waals surface area contributed by atoms with Gasteiger partial charge in [0.15, 0.2) is 22.2 Å². The lowest BCUT2D eigenvalue weighted by Gasteiger charge is -2.35. The number of halogens is 2. The van der Waals surface area contributed by atoms with Gasteiger partial charge in [-0.25, -0.2) is 8.42 Å². The predicted octanol–water partition coefficient (Wildman–Crippen LogP) is 1.86. The number of hydrogen-bond donors (Lipinski definition) is 1. The first-order valence-electron chi connectivity index (χ1n) is 8.56. The van der Waals surface area contributed by atoms with Crippen molar-refractivity contribution in [1.82, 2.24) is 5.32 Å². The minimum Gasteiger partial charge on any atom is -0.435 e. The first-order chi connectivity index (χ1) is 12.8. The van der Waals surface area contributed by atoms with Gasteiger partial charge in [-0.3, -0.25) is 4.79 Å². The Labute approximate surface area is 156 Å². The fourth-order valence-electron chi connectivity index (χ4n) is 2.75. The molecule has 0 radical (unpaired) electrons. The van der Waals surface area contributed by atoms with E-state index in [0.29, 0.717) is 13.0 Å². The Morgan fingerprint density at radius 2 is 1.96 bits per heavy atom. The Balaban J connectivity index is 2.11. The van der Waals surface area contributed by atoms with Crippen molar-refractivity contribution < 1.29 is 36.2 Å². The maximum atomic E-state index is 12.5. The summed E-state index contributed by atoms with van der Waals surface area (Å²) in [4.78, 5) is 12.2. The molecule has 0 unspecified atom stereocenters. The molecule has 1 aromatic rings. The van der Waals surface area contributed by atoms with Crippen molar-refractivity contribution >= 4 is 15.7 Å². The van der Waals surface area contributed by atoms with Crippen LogP contribution < -0.4 is 10.1 Å². The topological polar surface area (TPSA) is 90.9 Å². The summed E-state index contributed by atoms with van der Waals surface area (Å²) in [5.41, 5.74) is 0.0850. The van der Waals surface area contributed by atoms with E-state index in [2.05, 4.69) is 10.1 Å². The molecule has 1 saturated heterocycles. The first kappa shape index (κ1) is 21.5. The molecule has 3 atom stereocenters. The van der Waals surface area contributed by atoms with Gasteiger partial charge >= 0.3 is 6.61 Å². The maximum absolute atomic E-state index is 12.5. The molecule has 10 heteroatoms. The number of hydrogen-bond acceptors (Lipinski definition) is 6. The normalized spacial score (nSPS) is 23.3. The molecule has 27 heavy (non-hydrogen) atoms. The Morgan fingerprint density at radius 1 is 1.26 bits per heavy atom. The van der Waals surface area contributed by atoms with Gasteiger partial charge in [-0.1, -0.05) is 25.1 Å². The van der Waals surface area contributed by atoms with Crippen molar-refractivity contribution in [3.05, 3.63) is 29.8 Å². The summed E-state index contributed by atoms with van der Waals surface area (Å²) < 4.78 is 65.3. The Kier molecular flexibility index (Phi) is 7.51. The summed E-state index contributed by atoms with van der Waals surface area (Å²) in [6.45, 7) is 0.879. The molecule has 1 aliphatic heterocycles. The lowest BCUT2D eigenvalue weighted by Crippen LogP contribution is -2.58. The lowest BCUT2D eigenvalue weighted by atomic mass is 10.1. The lowest BCUT2D eigenvalue weighted by molar-refractivity contribution is -0.203. The number of benzene rings is 1. The van der Waals surface area contributed by atoms with E-state index in [1.54, 1.807) is 6.92 Å². The zero-order chi connectivity index (χ0) is 20.0. The molecule has 7 nitrogen and oxygen atoms in total. The van der Waals surface area contributed by atoms with E-state index in [4.69, 9.17) is 9.47 Å². The molecule has 1 N–H and O–H groups in total. The fourth-order valence-corrected chi connectivity index (χ4v) is 4.27. The number of morpholine rings is 1. The second kappa shape index (κ2) is 9.43. The van der Waals surface area contributed by atoms with Gasteiger partial charge in [0, 0.05) is 12.2 Å². The second-order valence-electron chi connectivity index (χ2n) is 6.01. The molecular weight excluding hydrogens is 384 g/mol. The van der Waals surface area contributed by atoms with Crippen LogP contribution >= 0.6 is 0 Å². The van der Waals surface area contributed by atoms with Crippen LogP contribution in [0.2, 0.25) is 0 Å². The highest BCUT2D eigenvalue weighted by molar-refractivity contribution is 7.90. The van der Waals surface area contributed by atoms with Crippen LogP contribution in [0, 0.1) is 0 Å². The van der Waals surface area contributed by atoms with Gasteiger partial charge in [0.25, 0.3) is 5.91 Å². The van der Waals surface area contributed by atoms with E-state index in [1.165, 1.54) is 24.3 Å². The Hall–Kier alpha value is -1.78. The molecular formula is C17H23F2NO6S. The predicted molar refractivity (Wildman–Crippen MR) is 93.1 cm³/mol. The highest BCUT2D eigenvalue weighted by Crippen LogP contribution is 2.24. The molecule has 0 aromatic heterocycles. The van der Waals surface area contributed by atoms with Crippen LogP contribution in [0.15, 0.2) is 24.3 Å². The minimum atomic E-state index is -3.85. The van der Waals surface area contributed by atoms with Crippen molar-refractivity contribution in [2.45, 2.75) is 51.1 Å². The molecule has 1 aromatic carbocycles. The molecule has 2 rings (SSSR count). The van der Waals surface area contributed by atoms with E-state index in [0.717, 1.165) is 0 Å². The number of sulfone groups is 1. The number of amides is 1. The number of ether oxygens (including phenoxy) is 3. The zero-order valence-corrected chi connectivity index (χ0v) is 15.9. The van der Waals surface area contributed by atoms with Crippen LogP contribution in [0.3, 0.4) is 0 Å². The van der Waals surface area contributed by atoms with Crippen molar-refractivity contribution in [3.8, 4) is 5.75 Å². The van der Waals surface area contributed by atoms with Crippen molar-refractivity contribution in [2.75, 3.05) is 12.4 Å². The molecule has 0 aliphatic carbocycles. The third-order valence-electron chi connectivity index (χ3n) is 3.99. The van der Waals surface area contributed by atoms with Crippen molar-refractivity contribution in [1.29, 1.82) is 0 Å². The average molecular weight is 407 g/mol. The molecule has 1 aliphatic rings. The molecule has 1 fully saturated rings. The van der Waals surface area contributed by atoms with Gasteiger partial charge in [0.05, 0.1) is 17.5 Å². The second-order valence-corrected chi connectivity index (χ2v) is 8.12. The number of para-hydroxylation sites is 1. The molecule has 0 bridgehead atoms. The van der Waals surface area contributed by atoms with Gasteiger partial charge in [-0.15, -0.1) is 0 Å². The molecule has 0 saturated carbocycles. The number of alkyl halides is 2. The molecule has 152 valence electrons.